The molecule has 0 aliphatic rings. The number of nitrogens with one attached hydrogen (secondary N) is 1. The zero-order valence-electron chi connectivity index (χ0n) is 10.9. The van der Waals surface area contributed by atoms with Crippen LogP contribution in [-0.2, 0) is 11.2 Å². The SMILES string of the molecule is Cc1cc(Cl)ccc1NC(=O)Cc1ccc(O)c(O)c1. The fourth-order valence-electron chi connectivity index (χ4n) is 1.83. The highest BCUT2D eigenvalue weighted by molar-refractivity contribution is 6.30. The topological polar surface area (TPSA) is 69.6 Å². The molecule has 104 valence electrons. The van der Waals surface area contributed by atoms with Gasteiger partial charge >= 0.3 is 0 Å². The Morgan fingerprint density at radius 3 is 2.55 bits per heavy atom. The lowest BCUT2D eigenvalue weighted by atomic mass is 10.1. The van der Waals surface area contributed by atoms with Crippen molar-refractivity contribution in [1.82, 2.24) is 0 Å². The van der Waals surface area contributed by atoms with Crippen LogP contribution in [0.3, 0.4) is 0 Å². The summed E-state index contributed by atoms with van der Waals surface area (Å²) in [4.78, 5) is 11.9. The number of hydrogen-bond acceptors (Lipinski definition) is 3. The number of aryl methyl sites for hydroxylation is 1. The first kappa shape index (κ1) is 14.2. The Labute approximate surface area is 121 Å². The zero-order chi connectivity index (χ0) is 14.7. The molecule has 0 bridgehead atoms. The number of anilines is 1. The second-order valence-electron chi connectivity index (χ2n) is 4.51. The smallest absolute Gasteiger partial charge is 0.228 e. The number of aromatic hydroxyl groups is 2. The molecule has 20 heavy (non-hydrogen) atoms. The van der Waals surface area contributed by atoms with Crippen LogP contribution in [-0.4, -0.2) is 16.1 Å². The van der Waals surface area contributed by atoms with Crippen LogP contribution in [0.4, 0.5) is 5.69 Å². The molecule has 0 atom stereocenters. The molecule has 0 aliphatic carbocycles. The van der Waals surface area contributed by atoms with Crippen LogP contribution >= 0.6 is 11.6 Å². The molecule has 3 N–H and O–H groups in total. The van der Waals surface area contributed by atoms with Gasteiger partial charge in [-0.3, -0.25) is 4.79 Å². The quantitative estimate of drug-likeness (QED) is 0.760. The summed E-state index contributed by atoms with van der Waals surface area (Å²) in [6.07, 6.45) is 0.107. The van der Waals surface area contributed by atoms with Crippen molar-refractivity contribution < 1.29 is 15.0 Å². The van der Waals surface area contributed by atoms with E-state index >= 15 is 0 Å². The van der Waals surface area contributed by atoms with E-state index in [1.165, 1.54) is 12.1 Å². The Bertz CT molecular complexity index is 656. The van der Waals surface area contributed by atoms with Crippen molar-refractivity contribution in [2.75, 3.05) is 5.32 Å². The molecule has 0 aliphatic heterocycles. The summed E-state index contributed by atoms with van der Waals surface area (Å²) in [5.74, 6) is -0.652. The van der Waals surface area contributed by atoms with Crippen molar-refractivity contribution in [3.63, 3.8) is 0 Å². The largest absolute Gasteiger partial charge is 0.504 e. The van der Waals surface area contributed by atoms with Crippen molar-refractivity contribution in [3.8, 4) is 11.5 Å². The molecule has 0 spiro atoms. The van der Waals surface area contributed by atoms with E-state index < -0.39 is 0 Å². The van der Waals surface area contributed by atoms with Crippen molar-refractivity contribution in [2.45, 2.75) is 13.3 Å². The summed E-state index contributed by atoms with van der Waals surface area (Å²) < 4.78 is 0. The molecule has 4 nitrogen and oxygen atoms in total. The maximum atomic E-state index is 11.9. The third-order valence-corrected chi connectivity index (χ3v) is 3.10. The van der Waals surface area contributed by atoms with Gasteiger partial charge in [0.15, 0.2) is 11.5 Å². The van der Waals surface area contributed by atoms with Crippen LogP contribution in [0.15, 0.2) is 36.4 Å². The number of phenols is 2. The van der Waals surface area contributed by atoms with E-state index in [1.54, 1.807) is 24.3 Å². The third kappa shape index (κ3) is 3.42. The molecule has 5 heteroatoms. The van der Waals surface area contributed by atoms with Crippen LogP contribution in [0.5, 0.6) is 11.5 Å². The van der Waals surface area contributed by atoms with Crippen LogP contribution in [0.1, 0.15) is 11.1 Å². The van der Waals surface area contributed by atoms with Crippen LogP contribution in [0, 0.1) is 6.92 Å². The Morgan fingerprint density at radius 2 is 1.90 bits per heavy atom. The lowest BCUT2D eigenvalue weighted by Gasteiger charge is -2.09. The highest BCUT2D eigenvalue weighted by Crippen LogP contribution is 2.25. The first-order valence-corrected chi connectivity index (χ1v) is 6.40. The monoisotopic (exact) mass is 291 g/mol. The predicted molar refractivity (Wildman–Crippen MR) is 78.3 cm³/mol. The summed E-state index contributed by atoms with van der Waals surface area (Å²) in [6, 6.07) is 9.52. The number of phenolic OH excluding ortho intramolecular Hbond substituents is 2. The maximum absolute atomic E-state index is 11.9. The second-order valence-corrected chi connectivity index (χ2v) is 4.94. The standard InChI is InChI=1S/C15H14ClNO3/c1-9-6-11(16)3-4-12(9)17-15(20)8-10-2-5-13(18)14(19)7-10/h2-7,18-19H,8H2,1H3,(H,17,20). The molecule has 0 saturated heterocycles. The fraction of sp³-hybridized carbons (Fsp3) is 0.133. The Balaban J connectivity index is 2.07. The normalized spacial score (nSPS) is 10.3. The summed E-state index contributed by atoms with van der Waals surface area (Å²) in [7, 11) is 0. The first-order valence-electron chi connectivity index (χ1n) is 6.02. The van der Waals surface area contributed by atoms with Gasteiger partial charge in [0.1, 0.15) is 0 Å². The van der Waals surface area contributed by atoms with Crippen molar-refractivity contribution in [1.29, 1.82) is 0 Å². The van der Waals surface area contributed by atoms with Gasteiger partial charge in [0.05, 0.1) is 6.42 Å². The Morgan fingerprint density at radius 1 is 1.15 bits per heavy atom. The van der Waals surface area contributed by atoms with E-state index in [1.807, 2.05) is 6.92 Å². The zero-order valence-corrected chi connectivity index (χ0v) is 11.6. The third-order valence-electron chi connectivity index (χ3n) is 2.87. The van der Waals surface area contributed by atoms with Gasteiger partial charge in [-0.1, -0.05) is 17.7 Å². The van der Waals surface area contributed by atoms with Crippen molar-refractivity contribution in [2.24, 2.45) is 0 Å². The minimum atomic E-state index is -0.238. The Hall–Kier alpha value is -2.20. The van der Waals surface area contributed by atoms with Gasteiger partial charge in [-0.05, 0) is 48.4 Å². The van der Waals surface area contributed by atoms with E-state index in [-0.39, 0.29) is 23.8 Å². The van der Waals surface area contributed by atoms with Gasteiger partial charge in [-0.15, -0.1) is 0 Å². The van der Waals surface area contributed by atoms with E-state index in [0.717, 1.165) is 5.56 Å². The fourth-order valence-corrected chi connectivity index (χ4v) is 2.05. The molecule has 1 amide bonds. The average molecular weight is 292 g/mol. The lowest BCUT2D eigenvalue weighted by molar-refractivity contribution is -0.115. The molecule has 2 aromatic rings. The number of benzene rings is 2. The van der Waals surface area contributed by atoms with Crippen LogP contribution in [0.25, 0.3) is 0 Å². The van der Waals surface area contributed by atoms with Gasteiger partial charge in [0, 0.05) is 10.7 Å². The van der Waals surface area contributed by atoms with E-state index in [0.29, 0.717) is 16.3 Å². The molecule has 0 aromatic heterocycles. The average Bonchev–Trinajstić information content (AvgIpc) is 2.37. The highest BCUT2D eigenvalue weighted by atomic mass is 35.5. The molecule has 0 fully saturated rings. The summed E-state index contributed by atoms with van der Waals surface area (Å²) >= 11 is 5.85. The van der Waals surface area contributed by atoms with Gasteiger partial charge in [-0.25, -0.2) is 0 Å². The molecule has 2 rings (SSSR count). The molecular formula is C15H14ClNO3. The Kier molecular flexibility index (Phi) is 4.15. The van der Waals surface area contributed by atoms with Crippen molar-refractivity contribution in [3.05, 3.63) is 52.5 Å². The summed E-state index contributed by atoms with van der Waals surface area (Å²) in [5, 5.41) is 22.0. The van der Waals surface area contributed by atoms with E-state index in [4.69, 9.17) is 11.6 Å². The lowest BCUT2D eigenvalue weighted by Crippen LogP contribution is -2.15. The minimum Gasteiger partial charge on any atom is -0.504 e. The number of carbonyl (C=O) groups is 1. The molecule has 0 saturated carbocycles. The van der Waals surface area contributed by atoms with Crippen molar-refractivity contribution >= 4 is 23.2 Å². The number of amides is 1. The number of rotatable bonds is 3. The van der Waals surface area contributed by atoms with E-state index in [9.17, 15) is 15.0 Å². The van der Waals surface area contributed by atoms with Crippen LogP contribution < -0.4 is 5.32 Å². The molecular weight excluding hydrogens is 278 g/mol. The van der Waals surface area contributed by atoms with Gasteiger partial charge < -0.3 is 15.5 Å². The predicted octanol–water partition coefficient (Wildman–Crippen LogP) is 3.24. The molecule has 0 radical (unpaired) electrons. The number of hydrogen-bond donors (Lipinski definition) is 3. The van der Waals surface area contributed by atoms with Crippen LogP contribution in [0.2, 0.25) is 5.02 Å². The van der Waals surface area contributed by atoms with E-state index in [2.05, 4.69) is 5.32 Å². The highest BCUT2D eigenvalue weighted by Gasteiger charge is 2.08. The number of carbonyl (C=O) groups excluding carboxylic acids is 1. The van der Waals surface area contributed by atoms with Gasteiger partial charge in [-0.2, -0.15) is 0 Å². The number of halogens is 1. The first-order chi connectivity index (χ1) is 9.45. The van der Waals surface area contributed by atoms with Gasteiger partial charge in [0.25, 0.3) is 0 Å². The molecule has 2 aromatic carbocycles. The molecule has 0 unspecified atom stereocenters. The minimum absolute atomic E-state index is 0.107. The maximum Gasteiger partial charge on any atom is 0.228 e. The second kappa shape index (κ2) is 5.84. The molecule has 0 heterocycles. The van der Waals surface area contributed by atoms with Gasteiger partial charge in [0.2, 0.25) is 5.91 Å². The summed E-state index contributed by atoms with van der Waals surface area (Å²) in [5.41, 5.74) is 2.19. The summed E-state index contributed by atoms with van der Waals surface area (Å²) in [6.45, 7) is 1.86.